The van der Waals surface area contributed by atoms with Crippen LogP contribution in [-0.2, 0) is 4.74 Å². The highest BCUT2D eigenvalue weighted by atomic mass is 16.5. The summed E-state index contributed by atoms with van der Waals surface area (Å²) in [6.45, 7) is -0.390. The highest BCUT2D eigenvalue weighted by Gasteiger charge is 2.47. The SMILES string of the molecule is N#CCC=CC1=CN([C@H]2C[C@H](O)[C@@H](CO)O2)C(=O)NC1(N)C(=O)c1ccccc1. The Bertz CT molecular complexity index is 879. The molecule has 0 aromatic heterocycles. The Morgan fingerprint density at radius 2 is 2.17 bits per heavy atom. The topological polar surface area (TPSA) is 149 Å². The minimum atomic E-state index is -1.84. The molecule has 29 heavy (non-hydrogen) atoms. The number of aliphatic hydroxyl groups excluding tert-OH is 2. The Kier molecular flexibility index (Phi) is 6.10. The molecule has 1 fully saturated rings. The number of Topliss-reactive ketones (excluding diaryl/α,β-unsaturated/α-hetero) is 1. The van der Waals surface area contributed by atoms with Gasteiger partial charge in [0, 0.05) is 23.8 Å². The lowest BCUT2D eigenvalue weighted by Gasteiger charge is -2.39. The molecular formula is C20H22N4O5. The maximum Gasteiger partial charge on any atom is 0.325 e. The highest BCUT2D eigenvalue weighted by Crippen LogP contribution is 2.29. The Hall–Kier alpha value is -3.03. The lowest BCUT2D eigenvalue weighted by molar-refractivity contribution is -0.0549. The van der Waals surface area contributed by atoms with Crippen LogP contribution < -0.4 is 11.1 Å². The second kappa shape index (κ2) is 8.55. The third-order valence-electron chi connectivity index (χ3n) is 4.87. The smallest absolute Gasteiger partial charge is 0.325 e. The second-order valence-corrected chi connectivity index (χ2v) is 6.80. The van der Waals surface area contributed by atoms with Crippen molar-refractivity contribution in [2.75, 3.05) is 6.61 Å². The minimum absolute atomic E-state index is 0.0894. The van der Waals surface area contributed by atoms with Crippen molar-refractivity contribution in [1.82, 2.24) is 10.2 Å². The van der Waals surface area contributed by atoms with E-state index >= 15 is 0 Å². The van der Waals surface area contributed by atoms with Crippen molar-refractivity contribution in [3.05, 3.63) is 59.8 Å². The normalized spacial score (nSPS) is 29.4. The van der Waals surface area contributed by atoms with Crippen LogP contribution in [0.2, 0.25) is 0 Å². The van der Waals surface area contributed by atoms with Gasteiger partial charge in [-0.25, -0.2) is 4.79 Å². The number of nitrogens with one attached hydrogen (secondary N) is 1. The molecule has 2 aliphatic rings. The Morgan fingerprint density at radius 1 is 1.45 bits per heavy atom. The van der Waals surface area contributed by atoms with E-state index in [1.54, 1.807) is 30.3 Å². The van der Waals surface area contributed by atoms with E-state index in [9.17, 15) is 19.8 Å². The fraction of sp³-hybridized carbons (Fsp3) is 0.350. The van der Waals surface area contributed by atoms with E-state index in [2.05, 4.69) is 5.32 Å². The van der Waals surface area contributed by atoms with Crippen LogP contribution in [0.5, 0.6) is 0 Å². The molecular weight excluding hydrogens is 376 g/mol. The summed E-state index contributed by atoms with van der Waals surface area (Å²) in [4.78, 5) is 27.0. The first kappa shape index (κ1) is 20.7. The molecule has 1 unspecified atom stereocenters. The highest BCUT2D eigenvalue weighted by molar-refractivity contribution is 6.08. The molecule has 1 aromatic carbocycles. The van der Waals surface area contributed by atoms with E-state index in [0.29, 0.717) is 5.56 Å². The molecule has 4 atom stereocenters. The number of carbonyl (C=O) groups is 2. The largest absolute Gasteiger partial charge is 0.394 e. The van der Waals surface area contributed by atoms with E-state index in [1.165, 1.54) is 23.3 Å². The number of amides is 2. The van der Waals surface area contributed by atoms with Gasteiger partial charge in [-0.05, 0) is 0 Å². The molecule has 152 valence electrons. The molecule has 2 amide bonds. The van der Waals surface area contributed by atoms with Crippen molar-refractivity contribution >= 4 is 11.8 Å². The zero-order chi connectivity index (χ0) is 21.0. The van der Waals surface area contributed by atoms with Gasteiger partial charge in [0.25, 0.3) is 0 Å². The van der Waals surface area contributed by atoms with Gasteiger partial charge in [-0.15, -0.1) is 0 Å². The number of carbonyl (C=O) groups excluding carboxylic acids is 2. The lowest BCUT2D eigenvalue weighted by atomic mass is 9.89. The molecule has 0 saturated carbocycles. The summed E-state index contributed by atoms with van der Waals surface area (Å²) < 4.78 is 5.54. The van der Waals surface area contributed by atoms with Crippen LogP contribution in [0.3, 0.4) is 0 Å². The van der Waals surface area contributed by atoms with Gasteiger partial charge in [-0.2, -0.15) is 5.26 Å². The monoisotopic (exact) mass is 398 g/mol. The summed E-state index contributed by atoms with van der Waals surface area (Å²) >= 11 is 0. The first-order valence-electron chi connectivity index (χ1n) is 9.10. The van der Waals surface area contributed by atoms with Crippen LogP contribution in [0.1, 0.15) is 23.2 Å². The summed E-state index contributed by atoms with van der Waals surface area (Å²) in [6, 6.07) is 9.60. The fourth-order valence-corrected chi connectivity index (χ4v) is 3.30. The second-order valence-electron chi connectivity index (χ2n) is 6.80. The average molecular weight is 398 g/mol. The number of ketones is 1. The van der Waals surface area contributed by atoms with Crippen molar-refractivity contribution in [2.45, 2.75) is 36.9 Å². The molecule has 0 radical (unpaired) electrons. The quantitative estimate of drug-likeness (QED) is 0.506. The van der Waals surface area contributed by atoms with E-state index in [4.69, 9.17) is 15.7 Å². The number of allylic oxidation sites excluding steroid dienone is 1. The van der Waals surface area contributed by atoms with Crippen molar-refractivity contribution in [1.29, 1.82) is 5.26 Å². The van der Waals surface area contributed by atoms with Gasteiger partial charge in [-0.1, -0.05) is 42.5 Å². The number of aliphatic hydroxyl groups is 2. The number of hydrogen-bond donors (Lipinski definition) is 4. The maximum absolute atomic E-state index is 13.1. The number of urea groups is 1. The molecule has 2 aliphatic heterocycles. The molecule has 2 heterocycles. The van der Waals surface area contributed by atoms with Crippen molar-refractivity contribution in [2.24, 2.45) is 5.73 Å². The van der Waals surface area contributed by atoms with Gasteiger partial charge < -0.3 is 20.3 Å². The summed E-state index contributed by atoms with van der Waals surface area (Å²) in [7, 11) is 0. The standard InChI is InChI=1S/C20H22N4O5/c21-9-5-4-8-14-11-24(17-10-15(26)16(12-25)29-17)19(28)23-20(14,22)18(27)13-6-2-1-3-7-13/h1-4,6-8,11,15-17,25-26H,5,10,12,22H2,(H,23,28)/t15-,16+,17+,20?/m0/s1. The van der Waals surface area contributed by atoms with Crippen LogP contribution in [-0.4, -0.2) is 57.6 Å². The summed E-state index contributed by atoms with van der Waals surface area (Å²) in [5, 5.41) is 30.6. The number of benzene rings is 1. The zero-order valence-corrected chi connectivity index (χ0v) is 15.6. The van der Waals surface area contributed by atoms with Crippen LogP contribution >= 0.6 is 0 Å². The number of rotatable bonds is 6. The average Bonchev–Trinajstić information content (AvgIpc) is 3.10. The van der Waals surface area contributed by atoms with Crippen molar-refractivity contribution in [3.63, 3.8) is 0 Å². The van der Waals surface area contributed by atoms with Gasteiger partial charge in [0.05, 0.1) is 25.2 Å². The molecule has 0 spiro atoms. The molecule has 1 aromatic rings. The lowest BCUT2D eigenvalue weighted by Crippen LogP contribution is -2.67. The van der Waals surface area contributed by atoms with Crippen LogP contribution in [0.4, 0.5) is 4.79 Å². The molecule has 0 bridgehead atoms. The molecule has 1 saturated heterocycles. The van der Waals surface area contributed by atoms with Crippen molar-refractivity contribution < 1.29 is 24.5 Å². The molecule has 9 heteroatoms. The first-order chi connectivity index (χ1) is 13.9. The van der Waals surface area contributed by atoms with E-state index in [1.807, 2.05) is 6.07 Å². The number of nitrogens with zero attached hydrogens (tertiary/aromatic N) is 2. The van der Waals surface area contributed by atoms with Crippen LogP contribution in [0.15, 0.2) is 54.3 Å². The van der Waals surface area contributed by atoms with Crippen molar-refractivity contribution in [3.8, 4) is 6.07 Å². The molecule has 3 rings (SSSR count). The first-order valence-corrected chi connectivity index (χ1v) is 9.10. The van der Waals surface area contributed by atoms with Crippen LogP contribution in [0.25, 0.3) is 0 Å². The number of nitriles is 1. The number of nitrogens with two attached hydrogens (primary N) is 1. The van der Waals surface area contributed by atoms with Gasteiger partial charge in [0.2, 0.25) is 5.78 Å². The third-order valence-corrected chi connectivity index (χ3v) is 4.87. The summed E-state index contributed by atoms with van der Waals surface area (Å²) in [5.74, 6) is -0.514. The van der Waals surface area contributed by atoms with E-state index < -0.39 is 35.9 Å². The van der Waals surface area contributed by atoms with E-state index in [-0.39, 0.29) is 25.0 Å². The summed E-state index contributed by atoms with van der Waals surface area (Å²) in [6.07, 6.45) is 2.02. The third kappa shape index (κ3) is 4.06. The fourth-order valence-electron chi connectivity index (χ4n) is 3.30. The van der Waals surface area contributed by atoms with E-state index in [0.717, 1.165) is 0 Å². The maximum atomic E-state index is 13.1. The predicted molar refractivity (Wildman–Crippen MR) is 102 cm³/mol. The zero-order valence-electron chi connectivity index (χ0n) is 15.6. The Balaban J connectivity index is 1.97. The Morgan fingerprint density at radius 3 is 2.79 bits per heavy atom. The molecule has 0 aliphatic carbocycles. The van der Waals surface area contributed by atoms with Gasteiger partial charge in [0.15, 0.2) is 5.66 Å². The predicted octanol–water partition coefficient (Wildman–Crippen LogP) is 0.371. The minimum Gasteiger partial charge on any atom is -0.394 e. The number of hydrogen-bond acceptors (Lipinski definition) is 7. The molecule has 9 nitrogen and oxygen atoms in total. The van der Waals surface area contributed by atoms with Crippen LogP contribution in [0, 0.1) is 11.3 Å². The molecule has 5 N–H and O–H groups in total. The summed E-state index contributed by atoms with van der Waals surface area (Å²) in [5.41, 5.74) is 5.09. The Labute approximate surface area is 167 Å². The van der Waals surface area contributed by atoms with Gasteiger partial charge >= 0.3 is 6.03 Å². The number of ether oxygens (including phenoxy) is 1. The van der Waals surface area contributed by atoms with Gasteiger partial charge in [0.1, 0.15) is 12.3 Å². The van der Waals surface area contributed by atoms with Gasteiger partial charge in [-0.3, -0.25) is 15.4 Å².